The number of urea groups is 1. The van der Waals surface area contributed by atoms with Crippen LogP contribution in [0.5, 0.6) is 11.5 Å². The number of halogens is 1. The van der Waals surface area contributed by atoms with E-state index in [0.717, 1.165) is 69.1 Å². The van der Waals surface area contributed by atoms with E-state index >= 15 is 0 Å². The van der Waals surface area contributed by atoms with Crippen LogP contribution in [0, 0.1) is 0 Å². The Morgan fingerprint density at radius 3 is 2.83 bits per heavy atom. The van der Waals surface area contributed by atoms with Crippen LogP contribution in [0.2, 0.25) is 5.02 Å². The van der Waals surface area contributed by atoms with Gasteiger partial charge >= 0.3 is 6.03 Å². The number of nitrogens with one attached hydrogen (secondary N) is 2. The SMILES string of the molecule is O=C(Nc1ccc(Oc2ccnc3c2=C2OCCOC2C(OCCCN2CCOCC2)C=3)cc1Cl)NC1CCC1. The lowest BCUT2D eigenvalue weighted by Crippen LogP contribution is -2.49. The summed E-state index contributed by atoms with van der Waals surface area (Å²) in [6, 6.07) is 6.96. The summed E-state index contributed by atoms with van der Waals surface area (Å²) in [5.41, 5.74) is 0.517. The molecule has 2 N–H and O–H groups in total. The smallest absolute Gasteiger partial charge is 0.319 e. The van der Waals surface area contributed by atoms with E-state index in [-0.39, 0.29) is 24.3 Å². The molecule has 2 aliphatic carbocycles. The molecule has 2 aromatic rings. The molecule has 2 unspecified atom stereocenters. The lowest BCUT2D eigenvalue weighted by atomic mass is 9.93. The van der Waals surface area contributed by atoms with Crippen LogP contribution >= 0.6 is 11.6 Å². The van der Waals surface area contributed by atoms with E-state index in [4.69, 9.17) is 35.3 Å². The van der Waals surface area contributed by atoms with Crippen LogP contribution in [-0.2, 0) is 18.9 Å². The standard InChI is InChI=1S/C29H35ClN4O6/c30-21-17-20(5-6-22(21)33-29(35)32-19-3-1-4-19)40-24-7-8-31-23-18-25(27-28(26(23)24)39-16-15-38-27)37-12-2-9-34-10-13-36-14-11-34/h5-8,17-19,25,27H,1-4,9-16H2,(H2,32,33,35). The summed E-state index contributed by atoms with van der Waals surface area (Å²) >= 11 is 6.49. The van der Waals surface area contributed by atoms with E-state index < -0.39 is 0 Å². The minimum atomic E-state index is -0.375. The monoisotopic (exact) mass is 570 g/mol. The molecular weight excluding hydrogens is 536 g/mol. The van der Waals surface area contributed by atoms with E-state index in [2.05, 4.69) is 20.5 Å². The zero-order chi connectivity index (χ0) is 27.3. The Morgan fingerprint density at radius 1 is 1.15 bits per heavy atom. The largest absolute Gasteiger partial charge is 0.492 e. The van der Waals surface area contributed by atoms with Gasteiger partial charge in [0.15, 0.2) is 0 Å². The van der Waals surface area contributed by atoms with Crippen molar-refractivity contribution in [3.8, 4) is 11.5 Å². The van der Waals surface area contributed by atoms with E-state index in [0.29, 0.717) is 47.8 Å². The molecule has 2 saturated heterocycles. The summed E-state index contributed by atoms with van der Waals surface area (Å²) in [6.45, 7) is 6.03. The Kier molecular flexibility index (Phi) is 8.69. The van der Waals surface area contributed by atoms with Gasteiger partial charge in [-0.15, -0.1) is 0 Å². The van der Waals surface area contributed by atoms with Gasteiger partial charge < -0.3 is 34.3 Å². The fraction of sp³-hybridized carbons (Fsp3) is 0.517. The number of rotatable bonds is 9. The molecule has 40 heavy (non-hydrogen) atoms. The number of carbonyl (C=O) groups is 1. The third-order valence-electron chi connectivity index (χ3n) is 7.60. The molecule has 11 heteroatoms. The topological polar surface area (TPSA) is 103 Å². The number of hydrogen-bond donors (Lipinski definition) is 2. The highest BCUT2D eigenvalue weighted by atomic mass is 35.5. The van der Waals surface area contributed by atoms with Crippen molar-refractivity contribution in [2.45, 2.75) is 43.9 Å². The number of aromatic nitrogens is 1. The van der Waals surface area contributed by atoms with Gasteiger partial charge in [0, 0.05) is 44.5 Å². The first-order chi connectivity index (χ1) is 19.6. The van der Waals surface area contributed by atoms with Crippen LogP contribution < -0.4 is 25.9 Å². The second kappa shape index (κ2) is 12.7. The van der Waals surface area contributed by atoms with Crippen molar-refractivity contribution in [1.29, 1.82) is 0 Å². The first-order valence-corrected chi connectivity index (χ1v) is 14.4. The van der Waals surface area contributed by atoms with Crippen molar-refractivity contribution in [3.63, 3.8) is 0 Å². The molecule has 0 spiro atoms. The Bertz CT molecular complexity index is 1330. The Balaban J connectivity index is 1.16. The van der Waals surface area contributed by atoms with Crippen LogP contribution in [0.25, 0.3) is 11.8 Å². The third kappa shape index (κ3) is 6.37. The number of nitrogens with zero attached hydrogens (tertiary/aromatic N) is 2. The van der Waals surface area contributed by atoms with Crippen LogP contribution in [0.1, 0.15) is 25.7 Å². The molecule has 1 aromatic carbocycles. The first kappa shape index (κ1) is 27.3. The van der Waals surface area contributed by atoms with Gasteiger partial charge in [-0.25, -0.2) is 4.79 Å². The molecule has 3 fully saturated rings. The van der Waals surface area contributed by atoms with Crippen molar-refractivity contribution in [2.24, 2.45) is 0 Å². The number of benzene rings is 1. The molecule has 4 aliphatic rings. The van der Waals surface area contributed by atoms with Crippen molar-refractivity contribution in [2.75, 3.05) is 58.0 Å². The van der Waals surface area contributed by atoms with Gasteiger partial charge in [-0.05, 0) is 50.0 Å². The zero-order valence-electron chi connectivity index (χ0n) is 22.4. The summed E-state index contributed by atoms with van der Waals surface area (Å²) in [5, 5.41) is 7.62. The van der Waals surface area contributed by atoms with Crippen molar-refractivity contribution in [1.82, 2.24) is 15.2 Å². The number of pyridine rings is 1. The van der Waals surface area contributed by atoms with Crippen LogP contribution in [0.3, 0.4) is 0 Å². The number of ether oxygens (including phenoxy) is 5. The molecule has 2 amide bonds. The molecule has 1 aromatic heterocycles. The number of amides is 2. The van der Waals surface area contributed by atoms with Crippen molar-refractivity contribution in [3.05, 3.63) is 46.1 Å². The number of hydrogen-bond acceptors (Lipinski definition) is 8. The summed E-state index contributed by atoms with van der Waals surface area (Å²) in [7, 11) is 0. The molecule has 6 rings (SSSR count). The molecule has 1 saturated carbocycles. The lowest BCUT2D eigenvalue weighted by molar-refractivity contribution is -0.0705. The summed E-state index contributed by atoms with van der Waals surface area (Å²) < 4.78 is 30.2. The lowest BCUT2D eigenvalue weighted by Gasteiger charge is -2.33. The van der Waals surface area contributed by atoms with Gasteiger partial charge in [-0.3, -0.25) is 9.88 Å². The van der Waals surface area contributed by atoms with E-state index in [1.807, 2.05) is 6.08 Å². The Hall–Kier alpha value is -2.89. The predicted molar refractivity (Wildman–Crippen MR) is 150 cm³/mol. The molecule has 10 nitrogen and oxygen atoms in total. The number of fused-ring (bicyclic) bond motifs is 2. The van der Waals surface area contributed by atoms with Gasteiger partial charge in [0.1, 0.15) is 36.1 Å². The number of morpholine rings is 1. The highest BCUT2D eigenvalue weighted by molar-refractivity contribution is 6.33. The van der Waals surface area contributed by atoms with Crippen molar-refractivity contribution >= 4 is 35.2 Å². The minimum Gasteiger partial charge on any atom is -0.492 e. The van der Waals surface area contributed by atoms with E-state index in [1.54, 1.807) is 30.5 Å². The first-order valence-electron chi connectivity index (χ1n) is 14.1. The molecule has 0 radical (unpaired) electrons. The number of anilines is 1. The molecular formula is C29H35ClN4O6. The van der Waals surface area contributed by atoms with E-state index in [9.17, 15) is 4.79 Å². The number of carbonyl (C=O) groups excluding carboxylic acids is 1. The predicted octanol–water partition coefficient (Wildman–Crippen LogP) is 2.63. The molecule has 214 valence electrons. The fourth-order valence-electron chi connectivity index (χ4n) is 5.26. The quantitative estimate of drug-likeness (QED) is 0.444. The third-order valence-corrected chi connectivity index (χ3v) is 7.91. The fourth-order valence-corrected chi connectivity index (χ4v) is 5.47. The normalized spacial score (nSPS) is 22.7. The summed E-state index contributed by atoms with van der Waals surface area (Å²) in [5.74, 6) is 1.78. The average molecular weight is 571 g/mol. The van der Waals surface area contributed by atoms with Crippen molar-refractivity contribution < 1.29 is 28.5 Å². The molecule has 0 bridgehead atoms. The second-order valence-corrected chi connectivity index (χ2v) is 10.8. The van der Waals surface area contributed by atoms with Gasteiger partial charge in [-0.1, -0.05) is 11.6 Å². The highest BCUT2D eigenvalue weighted by Gasteiger charge is 2.34. The minimum absolute atomic E-state index is 0.239. The van der Waals surface area contributed by atoms with Gasteiger partial charge in [0.25, 0.3) is 0 Å². The summed E-state index contributed by atoms with van der Waals surface area (Å²) in [4.78, 5) is 19.2. The molecule has 3 heterocycles. The van der Waals surface area contributed by atoms with Gasteiger partial charge in [-0.2, -0.15) is 0 Å². The maximum Gasteiger partial charge on any atom is 0.319 e. The molecule has 2 atom stereocenters. The average Bonchev–Trinajstić information content (AvgIpc) is 2.95. The van der Waals surface area contributed by atoms with Crippen LogP contribution in [0.4, 0.5) is 10.5 Å². The maximum absolute atomic E-state index is 12.3. The second-order valence-electron chi connectivity index (χ2n) is 10.4. The summed E-state index contributed by atoms with van der Waals surface area (Å²) in [6.07, 6.45) is 7.10. The molecule has 2 aliphatic heterocycles. The zero-order valence-corrected chi connectivity index (χ0v) is 23.2. The van der Waals surface area contributed by atoms with Gasteiger partial charge in [0.05, 0.1) is 41.1 Å². The van der Waals surface area contributed by atoms with Gasteiger partial charge in [0.2, 0.25) is 0 Å². The van der Waals surface area contributed by atoms with Crippen LogP contribution in [-0.4, -0.2) is 86.8 Å². The van der Waals surface area contributed by atoms with E-state index in [1.165, 1.54) is 0 Å². The highest BCUT2D eigenvalue weighted by Crippen LogP contribution is 2.30. The Morgan fingerprint density at radius 2 is 2.02 bits per heavy atom. The maximum atomic E-state index is 12.3. The Labute approximate surface area is 238 Å². The van der Waals surface area contributed by atoms with Crippen LogP contribution in [0.15, 0.2) is 30.5 Å².